The molecule has 0 atom stereocenters. The average molecular weight is 1760 g/mol. The molecule has 0 fully saturated rings. The lowest BCUT2D eigenvalue weighted by Crippen LogP contribution is -2.49. The minimum Gasteiger partial charge on any atom is -0.748 e. The van der Waals surface area contributed by atoms with Crippen LogP contribution in [0.25, 0.3) is 0 Å². The monoisotopic (exact) mass is 1760 g/mol. The Morgan fingerprint density at radius 3 is 0.754 bits per heavy atom. The lowest BCUT2D eigenvalue weighted by molar-refractivity contribution is -0.890. The van der Waals surface area contributed by atoms with E-state index in [0.29, 0.717) is 72.2 Å². The zero-order valence-electron chi connectivity index (χ0n) is 76.8. The van der Waals surface area contributed by atoms with Gasteiger partial charge in [0.25, 0.3) is 0 Å². The summed E-state index contributed by atoms with van der Waals surface area (Å²) < 4.78 is 88.7. The summed E-state index contributed by atoms with van der Waals surface area (Å²) >= 11 is 0. The van der Waals surface area contributed by atoms with Gasteiger partial charge in [-0.1, -0.05) is 150 Å². The molecule has 0 bridgehead atoms. The third kappa shape index (κ3) is 103. The second-order valence-corrected chi connectivity index (χ2v) is 37.5. The van der Waals surface area contributed by atoms with Crippen LogP contribution >= 0.6 is 0 Å². The first-order chi connectivity index (χ1) is 54.6. The van der Waals surface area contributed by atoms with E-state index in [1.54, 1.807) is 21.0 Å². The number of carbonyl (C=O) groups excluding carboxylic acids is 4. The number of nitrogens with zero attached hydrogens (tertiary/aromatic N) is 6. The molecule has 0 aromatic rings. The summed E-state index contributed by atoms with van der Waals surface area (Å²) in [6.45, 7) is 22.2. The second-order valence-electron chi connectivity index (χ2n) is 34.5. The maximum absolute atomic E-state index is 10.5. The Kier molecular flexibility index (Phi) is 86.7. The van der Waals surface area contributed by atoms with Crippen LogP contribution in [-0.4, -0.2) is 397 Å². The number of carboxylic acids is 6. The molecular weight excluding hydrogens is 1580 g/mol. The van der Waals surface area contributed by atoms with Gasteiger partial charge in [0.1, 0.15) is 69.7 Å². The molecule has 0 amide bonds. The van der Waals surface area contributed by atoms with Gasteiger partial charge < -0.3 is 135 Å². The maximum Gasteiger partial charge on any atom is 0.314 e. The van der Waals surface area contributed by atoms with E-state index in [1.165, 1.54) is 122 Å². The summed E-state index contributed by atoms with van der Waals surface area (Å²) in [5.41, 5.74) is -2.74. The molecule has 0 spiro atoms. The lowest BCUT2D eigenvalue weighted by Gasteiger charge is -2.29. The van der Waals surface area contributed by atoms with Crippen LogP contribution in [0.1, 0.15) is 221 Å². The minimum absolute atomic E-state index is 0.000278. The molecule has 0 rings (SSSR count). The Morgan fingerprint density at radius 2 is 0.551 bits per heavy atom. The van der Waals surface area contributed by atoms with E-state index < -0.39 is 93.3 Å². The van der Waals surface area contributed by atoms with Gasteiger partial charge in [-0.05, 0) is 64.7 Å². The Hall–Kier alpha value is -4.00. The molecule has 0 heterocycles. The highest BCUT2D eigenvalue weighted by atomic mass is 32.2. The Balaban J connectivity index is -0.000000199. The summed E-state index contributed by atoms with van der Waals surface area (Å²) in [6, 6.07) is 0. The van der Waals surface area contributed by atoms with Crippen molar-refractivity contribution in [2.24, 2.45) is 10.8 Å². The van der Waals surface area contributed by atoms with Crippen LogP contribution < -0.4 is 20.4 Å². The molecule has 0 saturated carbocycles. The average Bonchev–Trinajstić information content (AvgIpc) is 0.884. The van der Waals surface area contributed by atoms with Crippen LogP contribution in [0, 0.1) is 10.8 Å². The van der Waals surface area contributed by atoms with Crippen molar-refractivity contribution in [2.75, 3.05) is 267 Å². The SMILES string of the molecule is CC(CO)(CO)C(=O)O.CCC(CO)(CO)C(=O)O.CCCCCCCCCOCC[N+](C)(C)CC(=O)[O-].CCCCCCCCCOCC[N+](C)(C)CCCCS(=O)(=O)[O-].CCCCCCOCC[N+](C)(C)CC(=O)[O-].CCCCCCOCC[N+](C)(C)CCCCS(=O)(=O)[O-].C[N+](C)(CCO)CC(=O)[O-].C[N+](C)(CCO)CCC(=O)[O-]. The predicted octanol–water partition coefficient (Wildman–Crippen LogP) is 1.64. The van der Waals surface area contributed by atoms with Crippen molar-refractivity contribution in [3.05, 3.63) is 0 Å². The Labute approximate surface area is 713 Å². The van der Waals surface area contributed by atoms with Crippen molar-refractivity contribution < 1.29 is 162 Å². The van der Waals surface area contributed by atoms with E-state index in [1.807, 2.05) is 42.3 Å². The standard InChI is InChI=1S/C17H37NO4S.C15H31NO3.C14H31NO4S.C12H25NO3.C7H15NO3.C6H13NO3.C6H12O4.C5H10O4/c1-4-5-6-7-8-9-11-15-22-16-14-18(2,3)13-10-12-17-23(19,20)21;1-4-5-6-7-8-9-10-12-19-13-11-16(2,3)14-15(17)18;1-4-5-6-8-12-19-13-11-15(2,3)10-7-9-14-20(16,17)18;1-4-5-6-7-9-16-10-8-13(2,3)11-12(14)15;1-8(2,5-6-9)4-3-7(10)11;1-7(2,3-4-8)5-6(9)10;1-2-6(3-7,4-8)5(9)10;1-5(2-6,3-7)4(8)9/h4-17H2,1-3H3;4-14H2,1-3H3;4-14H2,1-3H3;4-11H2,1-3H3;9H,3-6H2,1-2H3;8H,3-5H2,1-2H3;7-8H,2-4H2,1H3,(H,9,10);6-7H,2-3H2,1H3,(H,8,9). The highest BCUT2D eigenvalue weighted by Crippen LogP contribution is 2.20. The van der Waals surface area contributed by atoms with Crippen molar-refractivity contribution >= 4 is 56.1 Å². The smallest absolute Gasteiger partial charge is 0.314 e. The van der Waals surface area contributed by atoms with Gasteiger partial charge in [-0.3, -0.25) is 9.59 Å². The molecular formula is C82H174N6O28S2. The third-order valence-corrected chi connectivity index (χ3v) is 20.8. The number of hydrogen-bond donors (Lipinski definition) is 8. The zero-order valence-corrected chi connectivity index (χ0v) is 78.5. The normalized spacial score (nSPS) is 12.0. The van der Waals surface area contributed by atoms with E-state index in [-0.39, 0.29) is 61.7 Å². The number of likely N-dealkylation sites (N-methyl/N-ethyl adjacent to an activating group) is 6. The fraction of sp³-hybridized carbons (Fsp3) is 0.927. The fourth-order valence-electron chi connectivity index (χ4n) is 10.2. The summed E-state index contributed by atoms with van der Waals surface area (Å²) in [4.78, 5) is 61.7. The van der Waals surface area contributed by atoms with Crippen molar-refractivity contribution in [3.63, 3.8) is 0 Å². The molecule has 0 radical (unpaired) electrons. The quantitative estimate of drug-likeness (QED) is 0.0244. The topological polar surface area (TPSA) is 508 Å². The largest absolute Gasteiger partial charge is 0.748 e. The molecule has 0 aliphatic heterocycles. The van der Waals surface area contributed by atoms with E-state index in [4.69, 9.17) is 59.8 Å². The van der Waals surface area contributed by atoms with Crippen LogP contribution in [0.4, 0.5) is 0 Å². The summed E-state index contributed by atoms with van der Waals surface area (Å²) in [7, 11) is 15.0. The predicted molar refractivity (Wildman–Crippen MR) is 449 cm³/mol. The molecule has 0 aromatic carbocycles. The van der Waals surface area contributed by atoms with Gasteiger partial charge in [0, 0.05) is 50.3 Å². The van der Waals surface area contributed by atoms with Crippen LogP contribution in [-0.2, 0) is 68.0 Å². The number of unbranched alkanes of at least 4 members (excludes halogenated alkanes) is 20. The van der Waals surface area contributed by atoms with Gasteiger partial charge in [-0.15, -0.1) is 0 Å². The Morgan fingerprint density at radius 1 is 0.305 bits per heavy atom. The summed E-state index contributed by atoms with van der Waals surface area (Å²) in [5.74, 6) is -6.96. The molecule has 0 aromatic heterocycles. The van der Waals surface area contributed by atoms with E-state index in [9.17, 15) is 75.1 Å². The van der Waals surface area contributed by atoms with Crippen LogP contribution in [0.5, 0.6) is 0 Å². The molecule has 34 nitrogen and oxygen atoms in total. The number of ether oxygens (including phenoxy) is 4. The molecule has 118 heavy (non-hydrogen) atoms. The first-order valence-electron chi connectivity index (χ1n) is 42.7. The molecule has 8 N–H and O–H groups in total. The van der Waals surface area contributed by atoms with Crippen LogP contribution in [0.2, 0.25) is 0 Å². The second kappa shape index (κ2) is 78.9. The third-order valence-electron chi connectivity index (χ3n) is 19.2. The summed E-state index contributed by atoms with van der Waals surface area (Å²) in [5, 5.41) is 109. The molecule has 36 heteroatoms. The number of quaternary nitrogens is 6. The summed E-state index contributed by atoms with van der Waals surface area (Å²) in [6.07, 6.45) is 30.4. The van der Waals surface area contributed by atoms with Gasteiger partial charge in [-0.2, -0.15) is 0 Å². The minimum atomic E-state index is -4.06. The molecule has 0 aliphatic carbocycles. The highest BCUT2D eigenvalue weighted by Gasteiger charge is 2.35. The Bertz CT molecular complexity index is 2610. The van der Waals surface area contributed by atoms with Crippen molar-refractivity contribution in [2.45, 2.75) is 221 Å². The van der Waals surface area contributed by atoms with Gasteiger partial charge in [0.05, 0.1) is 208 Å². The molecule has 0 unspecified atom stereocenters. The lowest BCUT2D eigenvalue weighted by atomic mass is 9.87. The van der Waals surface area contributed by atoms with E-state index in [0.717, 1.165) is 113 Å². The molecule has 0 saturated heterocycles. The van der Waals surface area contributed by atoms with E-state index in [2.05, 4.69) is 55.9 Å². The number of aliphatic hydroxyl groups is 6. The van der Waals surface area contributed by atoms with Gasteiger partial charge in [-0.25, -0.2) is 16.8 Å². The number of carbonyl (C=O) groups is 6. The molecule has 0 aliphatic rings. The van der Waals surface area contributed by atoms with Gasteiger partial charge >= 0.3 is 11.9 Å². The van der Waals surface area contributed by atoms with Crippen molar-refractivity contribution in [1.29, 1.82) is 0 Å². The highest BCUT2D eigenvalue weighted by molar-refractivity contribution is 7.85. The zero-order chi connectivity index (χ0) is 92.9. The van der Waals surface area contributed by atoms with Crippen molar-refractivity contribution in [1.82, 2.24) is 0 Å². The van der Waals surface area contributed by atoms with Gasteiger partial charge in [0.2, 0.25) is 0 Å². The first-order valence-corrected chi connectivity index (χ1v) is 45.8. The van der Waals surface area contributed by atoms with Crippen LogP contribution in [0.3, 0.4) is 0 Å². The van der Waals surface area contributed by atoms with E-state index >= 15 is 0 Å². The molecule has 712 valence electrons. The van der Waals surface area contributed by atoms with Crippen molar-refractivity contribution in [3.8, 4) is 0 Å². The number of rotatable bonds is 68. The first kappa shape index (κ1) is 130. The number of carboxylic acid groups (broad SMARTS) is 6. The number of aliphatic hydroxyl groups excluding tert-OH is 6. The number of aliphatic carboxylic acids is 6. The fourth-order valence-corrected chi connectivity index (χ4v) is 11.3. The maximum atomic E-state index is 10.5. The number of hydrogen-bond acceptors (Lipinski definition) is 26. The van der Waals surface area contributed by atoms with Gasteiger partial charge in [0.15, 0.2) is 0 Å². The van der Waals surface area contributed by atoms with Crippen LogP contribution in [0.15, 0.2) is 0 Å².